The number of rotatable bonds is 11. The average molecular weight is 526 g/mol. The second-order valence-electron chi connectivity index (χ2n) is 8.59. The fraction of sp³-hybridized carbons (Fsp3) is 0.296. The van der Waals surface area contributed by atoms with Crippen molar-refractivity contribution in [1.29, 1.82) is 0 Å². The molecule has 0 unspecified atom stereocenters. The van der Waals surface area contributed by atoms with E-state index in [9.17, 15) is 9.18 Å². The number of nitrogens with zero attached hydrogens (tertiary/aromatic N) is 2. The summed E-state index contributed by atoms with van der Waals surface area (Å²) >= 11 is 1.43. The molecule has 1 aromatic carbocycles. The zero-order chi connectivity index (χ0) is 26.4. The molecule has 1 N–H and O–H groups in total. The first kappa shape index (κ1) is 26.3. The number of furan rings is 1. The topological polar surface area (TPSA) is 95.7 Å². The number of ether oxygens (including phenoxy) is 3. The van der Waals surface area contributed by atoms with Gasteiger partial charge in [-0.05, 0) is 48.7 Å². The zero-order valence-corrected chi connectivity index (χ0v) is 21.9. The van der Waals surface area contributed by atoms with Gasteiger partial charge < -0.3 is 23.9 Å². The predicted molar refractivity (Wildman–Crippen MR) is 140 cm³/mol. The van der Waals surface area contributed by atoms with Gasteiger partial charge in [-0.3, -0.25) is 0 Å². The van der Waals surface area contributed by atoms with E-state index in [0.717, 1.165) is 11.3 Å². The largest absolute Gasteiger partial charge is 0.488 e. The summed E-state index contributed by atoms with van der Waals surface area (Å²) in [4.78, 5) is 22.7. The minimum absolute atomic E-state index is 0.156. The summed E-state index contributed by atoms with van der Waals surface area (Å²) in [6.45, 7) is 4.83. The van der Waals surface area contributed by atoms with Gasteiger partial charge in [0.25, 0.3) is 0 Å². The van der Waals surface area contributed by atoms with Crippen LogP contribution in [0.2, 0.25) is 0 Å². The zero-order valence-electron chi connectivity index (χ0n) is 21.0. The molecular formula is C27H28FN3O5S. The van der Waals surface area contributed by atoms with Gasteiger partial charge in [0, 0.05) is 29.3 Å². The van der Waals surface area contributed by atoms with Crippen molar-refractivity contribution in [2.45, 2.75) is 20.3 Å². The van der Waals surface area contributed by atoms with Crippen molar-refractivity contribution in [2.75, 3.05) is 32.8 Å². The molecular weight excluding hydrogens is 497 g/mol. The summed E-state index contributed by atoms with van der Waals surface area (Å²) in [7, 11) is 2.87. The number of thiazole rings is 1. The highest BCUT2D eigenvalue weighted by molar-refractivity contribution is 7.16. The summed E-state index contributed by atoms with van der Waals surface area (Å²) in [5.41, 5.74) is 2.17. The number of benzene rings is 1. The van der Waals surface area contributed by atoms with Crippen molar-refractivity contribution in [3.63, 3.8) is 0 Å². The molecule has 194 valence electrons. The molecule has 0 spiro atoms. The van der Waals surface area contributed by atoms with Crippen LogP contribution in [-0.2, 0) is 15.9 Å². The number of esters is 1. The molecule has 37 heavy (non-hydrogen) atoms. The number of pyridine rings is 1. The minimum atomic E-state index is -0.547. The molecule has 0 saturated heterocycles. The van der Waals surface area contributed by atoms with E-state index in [1.54, 1.807) is 49.9 Å². The van der Waals surface area contributed by atoms with E-state index in [-0.39, 0.29) is 17.9 Å². The molecule has 3 aromatic heterocycles. The van der Waals surface area contributed by atoms with E-state index in [1.165, 1.54) is 24.5 Å². The van der Waals surface area contributed by atoms with E-state index < -0.39 is 11.8 Å². The summed E-state index contributed by atoms with van der Waals surface area (Å²) in [5.74, 6) is 0.361. The molecule has 4 rings (SSSR count). The van der Waals surface area contributed by atoms with Gasteiger partial charge in [-0.15, -0.1) is 11.3 Å². The second kappa shape index (κ2) is 12.0. The van der Waals surface area contributed by atoms with Crippen LogP contribution in [0.3, 0.4) is 0 Å². The first-order valence-corrected chi connectivity index (χ1v) is 12.5. The maximum Gasteiger partial charge on any atom is 0.341 e. The number of anilines is 2. The normalized spacial score (nSPS) is 11.1. The SMILES string of the molecule is COCCOc1ccc(-c2nc(Nc3ncc(-c4ccco4)cc3C(=O)OC)sc2CC(C)C)cc1F. The first-order chi connectivity index (χ1) is 17.9. The Balaban J connectivity index is 1.67. The van der Waals surface area contributed by atoms with Crippen LogP contribution in [0, 0.1) is 11.7 Å². The van der Waals surface area contributed by atoms with Gasteiger partial charge in [0.05, 0.1) is 25.7 Å². The van der Waals surface area contributed by atoms with Crippen LogP contribution in [0.5, 0.6) is 5.75 Å². The number of carbonyl (C=O) groups excluding carboxylic acids is 1. The maximum atomic E-state index is 14.8. The minimum Gasteiger partial charge on any atom is -0.488 e. The first-order valence-electron chi connectivity index (χ1n) is 11.7. The van der Waals surface area contributed by atoms with Crippen molar-refractivity contribution >= 4 is 28.3 Å². The smallest absolute Gasteiger partial charge is 0.341 e. The van der Waals surface area contributed by atoms with Crippen molar-refractivity contribution in [2.24, 2.45) is 5.92 Å². The lowest BCUT2D eigenvalue weighted by molar-refractivity contribution is 0.0601. The molecule has 3 heterocycles. The summed E-state index contributed by atoms with van der Waals surface area (Å²) < 4.78 is 35.6. The van der Waals surface area contributed by atoms with Gasteiger partial charge in [0.1, 0.15) is 23.7 Å². The van der Waals surface area contributed by atoms with Crippen LogP contribution < -0.4 is 10.1 Å². The van der Waals surface area contributed by atoms with Gasteiger partial charge >= 0.3 is 5.97 Å². The lowest BCUT2D eigenvalue weighted by Crippen LogP contribution is -2.07. The van der Waals surface area contributed by atoms with Crippen molar-refractivity contribution < 1.29 is 27.8 Å². The molecule has 0 radical (unpaired) electrons. The van der Waals surface area contributed by atoms with Crippen LogP contribution in [0.25, 0.3) is 22.6 Å². The molecule has 0 atom stereocenters. The van der Waals surface area contributed by atoms with Crippen molar-refractivity contribution in [3.8, 4) is 28.3 Å². The summed E-state index contributed by atoms with van der Waals surface area (Å²) in [6, 6.07) is 9.99. The molecule has 0 aliphatic rings. The molecule has 0 aliphatic heterocycles. The Morgan fingerprint density at radius 3 is 2.68 bits per heavy atom. The van der Waals surface area contributed by atoms with Crippen molar-refractivity contribution in [1.82, 2.24) is 9.97 Å². The lowest BCUT2D eigenvalue weighted by Gasteiger charge is -2.09. The van der Waals surface area contributed by atoms with Gasteiger partial charge in [0.15, 0.2) is 16.7 Å². The Morgan fingerprint density at radius 2 is 2.00 bits per heavy atom. The number of nitrogens with one attached hydrogen (secondary N) is 1. The van der Waals surface area contributed by atoms with Crippen LogP contribution in [0.4, 0.5) is 15.3 Å². The Morgan fingerprint density at radius 1 is 1.16 bits per heavy atom. The van der Waals surface area contributed by atoms with E-state index in [1.807, 2.05) is 0 Å². The highest BCUT2D eigenvalue weighted by Crippen LogP contribution is 2.36. The molecule has 0 amide bonds. The monoisotopic (exact) mass is 525 g/mol. The third kappa shape index (κ3) is 6.33. The standard InChI is InChI=1S/C27H28FN3O5S/c1-16(2)12-23-24(17-7-8-22(20(28)14-17)36-11-10-33-3)30-27(37-23)31-25-19(26(32)34-4)13-18(15-29-25)21-6-5-9-35-21/h5-9,13-16H,10-12H2,1-4H3,(H,29,30,31). The van der Waals surface area contributed by atoms with E-state index in [4.69, 9.17) is 23.6 Å². The lowest BCUT2D eigenvalue weighted by atomic mass is 10.0. The van der Waals surface area contributed by atoms with Crippen molar-refractivity contribution in [3.05, 3.63) is 65.1 Å². The molecule has 8 nitrogen and oxygen atoms in total. The van der Waals surface area contributed by atoms with Gasteiger partial charge in [-0.2, -0.15) is 0 Å². The third-order valence-electron chi connectivity index (χ3n) is 5.37. The van der Waals surface area contributed by atoms with Gasteiger partial charge in [0.2, 0.25) is 0 Å². The van der Waals surface area contributed by atoms with E-state index in [0.29, 0.717) is 46.1 Å². The van der Waals surface area contributed by atoms with Crippen LogP contribution in [-0.4, -0.2) is 43.4 Å². The number of methoxy groups -OCH3 is 2. The fourth-order valence-corrected chi connectivity index (χ4v) is 4.84. The highest BCUT2D eigenvalue weighted by atomic mass is 32.1. The third-order valence-corrected chi connectivity index (χ3v) is 6.36. The molecule has 0 aliphatic carbocycles. The average Bonchev–Trinajstić information content (AvgIpc) is 3.55. The number of halogens is 1. The van der Waals surface area contributed by atoms with Crippen LogP contribution in [0.1, 0.15) is 29.1 Å². The molecule has 0 saturated carbocycles. The number of aromatic nitrogens is 2. The quantitative estimate of drug-likeness (QED) is 0.179. The molecule has 4 aromatic rings. The summed E-state index contributed by atoms with van der Waals surface area (Å²) in [6.07, 6.45) is 3.90. The number of hydrogen-bond donors (Lipinski definition) is 1. The number of carbonyl (C=O) groups is 1. The fourth-order valence-electron chi connectivity index (χ4n) is 3.65. The van der Waals surface area contributed by atoms with Crippen LogP contribution in [0.15, 0.2) is 53.3 Å². The Labute approximate surface area is 218 Å². The molecule has 0 bridgehead atoms. The highest BCUT2D eigenvalue weighted by Gasteiger charge is 2.20. The van der Waals surface area contributed by atoms with Gasteiger partial charge in [-0.25, -0.2) is 19.2 Å². The van der Waals surface area contributed by atoms with E-state index in [2.05, 4.69) is 24.1 Å². The number of hydrogen-bond acceptors (Lipinski definition) is 9. The predicted octanol–water partition coefficient (Wildman–Crippen LogP) is 6.36. The summed E-state index contributed by atoms with van der Waals surface area (Å²) in [5, 5.41) is 3.68. The molecule has 10 heteroatoms. The Hall–Kier alpha value is -3.76. The van der Waals surface area contributed by atoms with Gasteiger partial charge in [-0.1, -0.05) is 13.8 Å². The maximum absolute atomic E-state index is 14.8. The second-order valence-corrected chi connectivity index (χ2v) is 9.67. The van der Waals surface area contributed by atoms with E-state index >= 15 is 0 Å². The Bertz CT molecular complexity index is 1350. The Kier molecular flexibility index (Phi) is 8.52. The van der Waals surface area contributed by atoms with Crippen LogP contribution >= 0.6 is 11.3 Å². The molecule has 0 fully saturated rings.